The van der Waals surface area contributed by atoms with Crippen LogP contribution in [0, 0.1) is 0 Å². The van der Waals surface area contributed by atoms with Crippen LogP contribution in [0.5, 0.6) is 0 Å². The van der Waals surface area contributed by atoms with Gasteiger partial charge in [0.1, 0.15) is 12.2 Å². The van der Waals surface area contributed by atoms with Crippen LogP contribution >= 0.6 is 0 Å². The molecule has 0 aliphatic carbocycles. The Morgan fingerprint density at radius 2 is 2.03 bits per heavy atom. The second kappa shape index (κ2) is 10.1. The Morgan fingerprint density at radius 3 is 2.72 bits per heavy atom. The van der Waals surface area contributed by atoms with Crippen molar-refractivity contribution in [1.82, 2.24) is 15.3 Å². The number of carbonyl (C=O) groups excluding carboxylic acids is 3. The van der Waals surface area contributed by atoms with Gasteiger partial charge in [0.15, 0.2) is 5.82 Å². The lowest BCUT2D eigenvalue weighted by Crippen LogP contribution is -2.47. The molecule has 2 atom stereocenters. The first-order chi connectivity index (χ1) is 17.1. The number of halogens is 3. The summed E-state index contributed by atoms with van der Waals surface area (Å²) in [5.41, 5.74) is 1.37. The molecule has 192 valence electrons. The minimum absolute atomic E-state index is 0.0796. The average Bonchev–Trinajstić information content (AvgIpc) is 3.28. The smallest absolute Gasteiger partial charge is 0.405 e. The van der Waals surface area contributed by atoms with Crippen LogP contribution in [-0.2, 0) is 9.53 Å². The van der Waals surface area contributed by atoms with Crippen LogP contribution in [0.3, 0.4) is 0 Å². The maximum atomic E-state index is 13.6. The van der Waals surface area contributed by atoms with E-state index in [9.17, 15) is 27.6 Å². The van der Waals surface area contributed by atoms with Crippen molar-refractivity contribution >= 4 is 29.3 Å². The number of aromatic nitrogens is 2. The molecule has 1 fully saturated rings. The highest BCUT2D eigenvalue weighted by Gasteiger charge is 2.41. The standard InChI is InChI=1S/C24H26F3N5O4/c1-3-14(18-10-15(6-8-28-18)23(35)36-2)11-20(33)32-16-7-9-31(12-16)19-5-4-17(30-21(19)32)22(34)29-13-24(25,26)27/h4-6,8,10,14,16H,3,7,9,11-13H2,1-2H3,(H,29,34)/t14?,16-/m0/s1. The SMILES string of the molecule is CCC(CC(=O)N1c2nc(C(=O)NCC(F)(F)F)ccc2N2CC[C@H]1C2)c1cc(C(=O)OC)ccn1. The lowest BCUT2D eigenvalue weighted by molar-refractivity contribution is -0.123. The Labute approximate surface area is 205 Å². The zero-order chi connectivity index (χ0) is 26.0. The van der Waals surface area contributed by atoms with Crippen molar-refractivity contribution in [3.63, 3.8) is 0 Å². The first-order valence-electron chi connectivity index (χ1n) is 11.6. The molecule has 2 aliphatic heterocycles. The van der Waals surface area contributed by atoms with E-state index in [4.69, 9.17) is 4.74 Å². The Kier molecular flexibility index (Phi) is 7.14. The molecule has 9 nitrogen and oxygen atoms in total. The summed E-state index contributed by atoms with van der Waals surface area (Å²) >= 11 is 0. The summed E-state index contributed by atoms with van der Waals surface area (Å²) in [5.74, 6) is -1.73. The van der Waals surface area contributed by atoms with Gasteiger partial charge in [-0.1, -0.05) is 6.92 Å². The van der Waals surface area contributed by atoms with Crippen molar-refractivity contribution in [2.45, 2.75) is 44.3 Å². The van der Waals surface area contributed by atoms with Gasteiger partial charge in [0, 0.05) is 37.3 Å². The fourth-order valence-corrected chi connectivity index (χ4v) is 4.61. The number of nitrogens with one attached hydrogen (secondary N) is 1. The molecule has 36 heavy (non-hydrogen) atoms. The highest BCUT2D eigenvalue weighted by Crippen LogP contribution is 2.40. The van der Waals surface area contributed by atoms with Crippen LogP contribution in [0.15, 0.2) is 30.5 Å². The molecule has 4 heterocycles. The molecule has 1 unspecified atom stereocenters. The monoisotopic (exact) mass is 505 g/mol. The lowest BCUT2D eigenvalue weighted by Gasteiger charge is -2.36. The molecular formula is C24H26F3N5O4. The lowest BCUT2D eigenvalue weighted by atomic mass is 9.95. The molecule has 0 saturated carbocycles. The van der Waals surface area contributed by atoms with Crippen LogP contribution in [0.25, 0.3) is 0 Å². The van der Waals surface area contributed by atoms with Gasteiger partial charge in [0.2, 0.25) is 5.91 Å². The molecule has 2 bridgehead atoms. The first kappa shape index (κ1) is 25.4. The van der Waals surface area contributed by atoms with Crippen molar-refractivity contribution in [2.75, 3.05) is 36.5 Å². The zero-order valence-corrected chi connectivity index (χ0v) is 19.8. The van der Waals surface area contributed by atoms with Gasteiger partial charge >= 0.3 is 12.1 Å². The summed E-state index contributed by atoms with van der Waals surface area (Å²) in [5, 5.41) is 1.82. The molecule has 12 heteroatoms. The van der Waals surface area contributed by atoms with Crippen molar-refractivity contribution in [2.24, 2.45) is 0 Å². The van der Waals surface area contributed by atoms with Gasteiger partial charge in [-0.3, -0.25) is 19.5 Å². The molecule has 0 aromatic carbocycles. The molecule has 1 saturated heterocycles. The number of hydrogen-bond donors (Lipinski definition) is 1. The van der Waals surface area contributed by atoms with E-state index < -0.39 is 24.6 Å². The van der Waals surface area contributed by atoms with Crippen molar-refractivity contribution < 1.29 is 32.3 Å². The van der Waals surface area contributed by atoms with E-state index in [1.54, 1.807) is 17.0 Å². The second-order valence-electron chi connectivity index (χ2n) is 8.76. The Balaban J connectivity index is 1.59. The molecule has 1 N–H and O–H groups in total. The van der Waals surface area contributed by atoms with Crippen LogP contribution in [-0.4, -0.2) is 66.7 Å². The van der Waals surface area contributed by atoms with Gasteiger partial charge in [-0.15, -0.1) is 0 Å². The number of carbonyl (C=O) groups is 3. The normalized spacial score (nSPS) is 17.4. The van der Waals surface area contributed by atoms with Gasteiger partial charge < -0.3 is 15.0 Å². The number of fused-ring (bicyclic) bond motifs is 4. The van der Waals surface area contributed by atoms with Gasteiger partial charge in [0.05, 0.1) is 24.4 Å². The minimum atomic E-state index is -4.55. The summed E-state index contributed by atoms with van der Waals surface area (Å²) in [6.07, 6.45) is -1.70. The van der Waals surface area contributed by atoms with E-state index in [0.29, 0.717) is 42.9 Å². The first-order valence-corrected chi connectivity index (χ1v) is 11.6. The van der Waals surface area contributed by atoms with Crippen molar-refractivity contribution in [1.29, 1.82) is 0 Å². The van der Waals surface area contributed by atoms with Gasteiger partial charge in [-0.05, 0) is 37.1 Å². The third-order valence-electron chi connectivity index (χ3n) is 6.44. The summed E-state index contributed by atoms with van der Waals surface area (Å²) in [7, 11) is 1.28. The van der Waals surface area contributed by atoms with Gasteiger partial charge in [0.25, 0.3) is 5.91 Å². The molecule has 2 aromatic heterocycles. The maximum absolute atomic E-state index is 13.6. The summed E-state index contributed by atoms with van der Waals surface area (Å²) in [6.45, 7) is 1.74. The number of hydrogen-bond acceptors (Lipinski definition) is 7. The number of esters is 1. The average molecular weight is 505 g/mol. The second-order valence-corrected chi connectivity index (χ2v) is 8.76. The molecule has 2 amide bonds. The van der Waals surface area contributed by atoms with E-state index in [1.807, 2.05) is 17.1 Å². The zero-order valence-electron chi connectivity index (χ0n) is 19.8. The molecule has 0 radical (unpaired) electrons. The van der Waals surface area contributed by atoms with Crippen molar-refractivity contribution in [3.8, 4) is 0 Å². The molecular weight excluding hydrogens is 479 g/mol. The van der Waals surface area contributed by atoms with Gasteiger partial charge in [-0.2, -0.15) is 13.2 Å². The van der Waals surface area contributed by atoms with E-state index in [2.05, 4.69) is 9.97 Å². The fourth-order valence-electron chi connectivity index (χ4n) is 4.61. The predicted octanol–water partition coefficient (Wildman–Crippen LogP) is 3.06. The minimum Gasteiger partial charge on any atom is -0.465 e. The highest BCUT2D eigenvalue weighted by atomic mass is 19.4. The largest absolute Gasteiger partial charge is 0.465 e. The Bertz CT molecular complexity index is 1170. The van der Waals surface area contributed by atoms with E-state index in [0.717, 1.165) is 0 Å². The third kappa shape index (κ3) is 5.26. The van der Waals surface area contributed by atoms with E-state index >= 15 is 0 Å². The molecule has 2 aromatic rings. The van der Waals surface area contributed by atoms with Crippen LogP contribution in [0.1, 0.15) is 58.6 Å². The molecule has 4 rings (SSSR count). The number of nitrogens with zero attached hydrogens (tertiary/aromatic N) is 4. The predicted molar refractivity (Wildman–Crippen MR) is 124 cm³/mol. The fraction of sp³-hybridized carbons (Fsp3) is 0.458. The number of anilines is 2. The Morgan fingerprint density at radius 1 is 1.25 bits per heavy atom. The molecule has 2 aliphatic rings. The van der Waals surface area contributed by atoms with E-state index in [1.165, 1.54) is 25.4 Å². The topological polar surface area (TPSA) is 105 Å². The maximum Gasteiger partial charge on any atom is 0.405 e. The number of rotatable bonds is 7. The van der Waals surface area contributed by atoms with Crippen LogP contribution in [0.2, 0.25) is 0 Å². The Hall–Kier alpha value is -3.70. The summed E-state index contributed by atoms with van der Waals surface area (Å²) in [6, 6.07) is 5.95. The van der Waals surface area contributed by atoms with Crippen molar-refractivity contribution in [3.05, 3.63) is 47.4 Å². The van der Waals surface area contributed by atoms with E-state index in [-0.39, 0.29) is 35.8 Å². The quantitative estimate of drug-likeness (QED) is 0.577. The molecule has 0 spiro atoms. The van der Waals surface area contributed by atoms with Crippen LogP contribution in [0.4, 0.5) is 24.7 Å². The van der Waals surface area contributed by atoms with Crippen LogP contribution < -0.4 is 15.1 Å². The number of amides is 2. The number of ether oxygens (including phenoxy) is 1. The third-order valence-corrected chi connectivity index (χ3v) is 6.44. The number of alkyl halides is 3. The highest BCUT2D eigenvalue weighted by molar-refractivity contribution is 6.00. The summed E-state index contributed by atoms with van der Waals surface area (Å²) in [4.78, 5) is 50.1. The number of pyridine rings is 2. The summed E-state index contributed by atoms with van der Waals surface area (Å²) < 4.78 is 42.4. The van der Waals surface area contributed by atoms with Gasteiger partial charge in [-0.25, -0.2) is 9.78 Å². The number of methoxy groups -OCH3 is 1.